The lowest BCUT2D eigenvalue weighted by molar-refractivity contribution is 0.476. The summed E-state index contributed by atoms with van der Waals surface area (Å²) in [5.41, 5.74) is 5.45. The first-order valence-electron chi connectivity index (χ1n) is 7.53. The molecule has 2 unspecified atom stereocenters. The van der Waals surface area contributed by atoms with E-state index in [4.69, 9.17) is 0 Å². The van der Waals surface area contributed by atoms with Gasteiger partial charge in [-0.05, 0) is 62.9 Å². The molecule has 0 aromatic heterocycles. The van der Waals surface area contributed by atoms with Gasteiger partial charge in [-0.2, -0.15) is 0 Å². The van der Waals surface area contributed by atoms with Gasteiger partial charge in [0.05, 0.1) is 0 Å². The fourth-order valence-electron chi connectivity index (χ4n) is 2.78. The first-order valence-corrected chi connectivity index (χ1v) is 8.32. The maximum atomic E-state index is 3.72. The van der Waals surface area contributed by atoms with Crippen LogP contribution in [0.3, 0.4) is 0 Å². The zero-order valence-electron chi connectivity index (χ0n) is 13.3. The lowest BCUT2D eigenvalue weighted by Crippen LogP contribution is -2.31. The molecule has 0 aliphatic rings. The highest BCUT2D eigenvalue weighted by molar-refractivity contribution is 9.10. The third-order valence-electron chi connectivity index (χ3n) is 3.89. The molecule has 0 fully saturated rings. The molecule has 0 saturated carbocycles. The summed E-state index contributed by atoms with van der Waals surface area (Å²) in [6.45, 7) is 8.84. The summed E-state index contributed by atoms with van der Waals surface area (Å²) in [7, 11) is 0. The molecule has 0 spiro atoms. The molecule has 0 heterocycles. The predicted molar refractivity (Wildman–Crippen MR) is 94.8 cm³/mol. The van der Waals surface area contributed by atoms with E-state index in [0.29, 0.717) is 12.1 Å². The van der Waals surface area contributed by atoms with Gasteiger partial charge in [0.15, 0.2) is 0 Å². The summed E-state index contributed by atoms with van der Waals surface area (Å²) in [5.74, 6) is 0. The fourth-order valence-corrected chi connectivity index (χ4v) is 3.04. The van der Waals surface area contributed by atoms with Crippen LogP contribution in [0.15, 0.2) is 46.9 Å². The van der Waals surface area contributed by atoms with Crippen LogP contribution in [-0.4, -0.2) is 6.04 Å². The SMILES string of the molecule is Cc1ccc(C)c(C(C)NC(C)Cc2ccc(Br)cc2)c1. The topological polar surface area (TPSA) is 12.0 Å². The maximum absolute atomic E-state index is 3.72. The number of hydrogen-bond acceptors (Lipinski definition) is 1. The van der Waals surface area contributed by atoms with Gasteiger partial charge in [-0.1, -0.05) is 51.8 Å². The Bertz CT molecular complexity index is 589. The molecule has 112 valence electrons. The highest BCUT2D eigenvalue weighted by Crippen LogP contribution is 2.20. The molecule has 2 aromatic rings. The fraction of sp³-hybridized carbons (Fsp3) is 0.368. The number of aryl methyl sites for hydroxylation is 2. The van der Waals surface area contributed by atoms with Crippen LogP contribution in [0.5, 0.6) is 0 Å². The number of halogens is 1. The van der Waals surface area contributed by atoms with Gasteiger partial charge in [0.25, 0.3) is 0 Å². The van der Waals surface area contributed by atoms with Crippen molar-refractivity contribution in [2.45, 2.75) is 46.2 Å². The average molecular weight is 346 g/mol. The van der Waals surface area contributed by atoms with Crippen LogP contribution in [-0.2, 0) is 6.42 Å². The van der Waals surface area contributed by atoms with Gasteiger partial charge < -0.3 is 5.32 Å². The summed E-state index contributed by atoms with van der Waals surface area (Å²) in [6.07, 6.45) is 1.04. The van der Waals surface area contributed by atoms with Crippen LogP contribution >= 0.6 is 15.9 Å². The normalized spacial score (nSPS) is 14.0. The van der Waals surface area contributed by atoms with Crippen LogP contribution in [0.4, 0.5) is 0 Å². The molecule has 2 heteroatoms. The highest BCUT2D eigenvalue weighted by Gasteiger charge is 2.12. The van der Waals surface area contributed by atoms with Gasteiger partial charge in [0, 0.05) is 16.6 Å². The van der Waals surface area contributed by atoms with E-state index in [1.165, 1.54) is 22.3 Å². The summed E-state index contributed by atoms with van der Waals surface area (Å²) in [6, 6.07) is 16.1. The molecule has 21 heavy (non-hydrogen) atoms. The lowest BCUT2D eigenvalue weighted by atomic mass is 9.98. The molecule has 0 bridgehead atoms. The largest absolute Gasteiger partial charge is 0.307 e. The van der Waals surface area contributed by atoms with Crippen molar-refractivity contribution < 1.29 is 0 Å². The van der Waals surface area contributed by atoms with Gasteiger partial charge in [-0.25, -0.2) is 0 Å². The standard InChI is InChI=1S/C19H24BrN/c1-13-5-6-14(2)19(11-13)16(4)21-15(3)12-17-7-9-18(20)10-8-17/h5-11,15-16,21H,12H2,1-4H3. The molecule has 2 aromatic carbocycles. The number of rotatable bonds is 5. The van der Waals surface area contributed by atoms with Gasteiger partial charge in [-0.3, -0.25) is 0 Å². The van der Waals surface area contributed by atoms with Crippen molar-refractivity contribution in [3.05, 3.63) is 69.2 Å². The van der Waals surface area contributed by atoms with Gasteiger partial charge >= 0.3 is 0 Å². The molecule has 1 nitrogen and oxygen atoms in total. The van der Waals surface area contributed by atoms with E-state index in [1.807, 2.05) is 0 Å². The average Bonchev–Trinajstić information content (AvgIpc) is 2.44. The first kappa shape index (κ1) is 16.3. The zero-order valence-corrected chi connectivity index (χ0v) is 14.9. The molecule has 2 atom stereocenters. The van der Waals surface area contributed by atoms with Crippen LogP contribution in [0, 0.1) is 13.8 Å². The van der Waals surface area contributed by atoms with E-state index in [9.17, 15) is 0 Å². The highest BCUT2D eigenvalue weighted by atomic mass is 79.9. The first-order chi connectivity index (χ1) is 9.95. The number of benzene rings is 2. The second kappa shape index (κ2) is 7.24. The van der Waals surface area contributed by atoms with E-state index in [0.717, 1.165) is 10.9 Å². The molecule has 2 rings (SSSR count). The Morgan fingerprint density at radius 1 is 1.00 bits per heavy atom. The van der Waals surface area contributed by atoms with Crippen LogP contribution < -0.4 is 5.32 Å². The number of nitrogens with one attached hydrogen (secondary N) is 1. The van der Waals surface area contributed by atoms with E-state index in [2.05, 4.69) is 91.4 Å². The molecule has 0 amide bonds. The van der Waals surface area contributed by atoms with Crippen molar-refractivity contribution in [3.8, 4) is 0 Å². The van der Waals surface area contributed by atoms with Crippen molar-refractivity contribution in [2.75, 3.05) is 0 Å². The molecule has 0 aliphatic carbocycles. The molecular weight excluding hydrogens is 322 g/mol. The Balaban J connectivity index is 2.00. The van der Waals surface area contributed by atoms with Crippen molar-refractivity contribution in [1.29, 1.82) is 0 Å². The third kappa shape index (κ3) is 4.69. The Kier molecular flexibility index (Phi) is 5.60. The second-order valence-electron chi connectivity index (χ2n) is 5.98. The van der Waals surface area contributed by atoms with Gasteiger partial charge in [0.1, 0.15) is 0 Å². The number of hydrogen-bond donors (Lipinski definition) is 1. The maximum Gasteiger partial charge on any atom is 0.0297 e. The summed E-state index contributed by atoms with van der Waals surface area (Å²) in [5, 5.41) is 3.72. The molecular formula is C19H24BrN. The predicted octanol–water partition coefficient (Wildman–Crippen LogP) is 5.35. The molecule has 1 N–H and O–H groups in total. The van der Waals surface area contributed by atoms with E-state index < -0.39 is 0 Å². The smallest absolute Gasteiger partial charge is 0.0297 e. The summed E-state index contributed by atoms with van der Waals surface area (Å²) >= 11 is 3.48. The van der Waals surface area contributed by atoms with Crippen molar-refractivity contribution in [3.63, 3.8) is 0 Å². The molecule has 0 aliphatic heterocycles. The van der Waals surface area contributed by atoms with Crippen LogP contribution in [0.2, 0.25) is 0 Å². The van der Waals surface area contributed by atoms with Crippen LogP contribution in [0.1, 0.15) is 42.1 Å². The van der Waals surface area contributed by atoms with Gasteiger partial charge in [-0.15, -0.1) is 0 Å². The minimum absolute atomic E-state index is 0.371. The van der Waals surface area contributed by atoms with Crippen molar-refractivity contribution in [1.82, 2.24) is 5.32 Å². The van der Waals surface area contributed by atoms with Gasteiger partial charge in [0.2, 0.25) is 0 Å². The van der Waals surface area contributed by atoms with E-state index in [1.54, 1.807) is 0 Å². The van der Waals surface area contributed by atoms with Crippen LogP contribution in [0.25, 0.3) is 0 Å². The minimum atomic E-state index is 0.371. The third-order valence-corrected chi connectivity index (χ3v) is 4.42. The zero-order chi connectivity index (χ0) is 15.4. The summed E-state index contributed by atoms with van der Waals surface area (Å²) < 4.78 is 1.13. The monoisotopic (exact) mass is 345 g/mol. The molecule has 0 saturated heterocycles. The van der Waals surface area contributed by atoms with Crippen molar-refractivity contribution in [2.24, 2.45) is 0 Å². The van der Waals surface area contributed by atoms with E-state index >= 15 is 0 Å². The lowest BCUT2D eigenvalue weighted by Gasteiger charge is -2.22. The minimum Gasteiger partial charge on any atom is -0.307 e. The van der Waals surface area contributed by atoms with E-state index in [-0.39, 0.29) is 0 Å². The summed E-state index contributed by atoms with van der Waals surface area (Å²) in [4.78, 5) is 0. The Hall–Kier alpha value is -1.12. The Labute approximate surface area is 136 Å². The second-order valence-corrected chi connectivity index (χ2v) is 6.90. The quantitative estimate of drug-likeness (QED) is 0.770. The molecule has 0 radical (unpaired) electrons. The Morgan fingerprint density at radius 2 is 1.67 bits per heavy atom. The Morgan fingerprint density at radius 3 is 2.33 bits per heavy atom. The van der Waals surface area contributed by atoms with Crippen molar-refractivity contribution >= 4 is 15.9 Å².